The second kappa shape index (κ2) is 8.93. The molecule has 0 spiro atoms. The van der Waals surface area contributed by atoms with Crippen molar-refractivity contribution in [2.45, 2.75) is 39.3 Å². The molecule has 0 radical (unpaired) electrons. The van der Waals surface area contributed by atoms with Gasteiger partial charge in [0.1, 0.15) is 17.2 Å². The lowest BCUT2D eigenvalue weighted by atomic mass is 10.2. The summed E-state index contributed by atoms with van der Waals surface area (Å²) in [6.45, 7) is 9.43. The Hall–Kier alpha value is -2.78. The van der Waals surface area contributed by atoms with Crippen molar-refractivity contribution in [1.29, 1.82) is 5.41 Å². The Labute approximate surface area is 177 Å². The molecule has 2 atom stereocenters. The second-order valence-corrected chi connectivity index (χ2v) is 7.84. The summed E-state index contributed by atoms with van der Waals surface area (Å²) < 4.78 is 5.46. The minimum absolute atomic E-state index is 0.389. The van der Waals surface area contributed by atoms with Crippen LogP contribution in [0.25, 0.3) is 0 Å². The van der Waals surface area contributed by atoms with Crippen LogP contribution in [0.5, 0.6) is 0 Å². The van der Waals surface area contributed by atoms with Crippen LogP contribution in [0.1, 0.15) is 31.5 Å². The minimum atomic E-state index is 0.389. The van der Waals surface area contributed by atoms with Gasteiger partial charge in [-0.25, -0.2) is 9.97 Å². The van der Waals surface area contributed by atoms with Gasteiger partial charge in [0, 0.05) is 44.5 Å². The third-order valence-electron chi connectivity index (χ3n) is 5.48. The largest absolute Gasteiger partial charge is 0.380 e. The lowest BCUT2D eigenvalue weighted by Gasteiger charge is -2.29. The molecular formula is C21H30N8O. The third-order valence-corrected chi connectivity index (χ3v) is 5.48. The Bertz CT molecular complexity index is 918. The highest BCUT2D eigenvalue weighted by Gasteiger charge is 2.39. The van der Waals surface area contributed by atoms with Crippen LogP contribution in [-0.4, -0.2) is 65.6 Å². The molecule has 2 saturated heterocycles. The second-order valence-electron chi connectivity index (χ2n) is 7.84. The van der Waals surface area contributed by atoms with Crippen LogP contribution in [0.2, 0.25) is 0 Å². The molecule has 0 saturated carbocycles. The van der Waals surface area contributed by atoms with Crippen molar-refractivity contribution < 1.29 is 4.74 Å². The molecule has 0 aliphatic carbocycles. The van der Waals surface area contributed by atoms with Crippen molar-refractivity contribution in [1.82, 2.24) is 20.3 Å². The van der Waals surface area contributed by atoms with Gasteiger partial charge in [-0.2, -0.15) is 4.98 Å². The van der Waals surface area contributed by atoms with Crippen molar-refractivity contribution in [2.24, 2.45) is 0 Å². The number of rotatable bonds is 9. The quantitative estimate of drug-likeness (QED) is 0.368. The van der Waals surface area contributed by atoms with Crippen LogP contribution < -0.4 is 20.9 Å². The third kappa shape index (κ3) is 4.36. The minimum Gasteiger partial charge on any atom is -0.380 e. The summed E-state index contributed by atoms with van der Waals surface area (Å²) in [5, 5.41) is 18.6. The van der Waals surface area contributed by atoms with Crippen LogP contribution in [-0.2, 0) is 4.74 Å². The van der Waals surface area contributed by atoms with Crippen molar-refractivity contribution in [3.8, 4) is 0 Å². The zero-order chi connectivity index (χ0) is 21.1. The van der Waals surface area contributed by atoms with E-state index in [1.807, 2.05) is 26.0 Å². The number of hydrogen-bond acceptors (Lipinski definition) is 9. The van der Waals surface area contributed by atoms with Gasteiger partial charge in [-0.05, 0) is 44.9 Å². The summed E-state index contributed by atoms with van der Waals surface area (Å²) >= 11 is 0. The molecule has 2 bridgehead atoms. The van der Waals surface area contributed by atoms with Gasteiger partial charge in [0.15, 0.2) is 5.82 Å². The number of anilines is 4. The van der Waals surface area contributed by atoms with E-state index in [4.69, 9.17) is 20.1 Å². The van der Waals surface area contributed by atoms with Gasteiger partial charge < -0.3 is 31.0 Å². The lowest BCUT2D eigenvalue weighted by Crippen LogP contribution is -2.44. The van der Waals surface area contributed by atoms with Crippen molar-refractivity contribution >= 4 is 29.0 Å². The number of piperazine rings is 1. The van der Waals surface area contributed by atoms with E-state index in [2.05, 4.69) is 25.8 Å². The predicted octanol–water partition coefficient (Wildman–Crippen LogP) is 2.31. The predicted molar refractivity (Wildman–Crippen MR) is 119 cm³/mol. The number of ether oxygens (including phenoxy) is 1. The van der Waals surface area contributed by atoms with E-state index >= 15 is 0 Å². The van der Waals surface area contributed by atoms with E-state index in [0.29, 0.717) is 66.5 Å². The number of nitrogens with one attached hydrogen (secondary N) is 4. The van der Waals surface area contributed by atoms with E-state index in [9.17, 15) is 0 Å². The summed E-state index contributed by atoms with van der Waals surface area (Å²) in [7, 11) is 0. The fraction of sp³-hybridized carbons (Fsp3) is 0.524. The van der Waals surface area contributed by atoms with E-state index in [1.54, 1.807) is 13.1 Å². The van der Waals surface area contributed by atoms with Crippen molar-refractivity contribution in [2.75, 3.05) is 48.4 Å². The number of nitrogens with zero attached hydrogens (tertiary/aromatic N) is 4. The topological polar surface area (TPSA) is 111 Å². The Morgan fingerprint density at radius 1 is 1.40 bits per heavy atom. The Morgan fingerprint density at radius 2 is 2.27 bits per heavy atom. The molecule has 2 aliphatic heterocycles. The maximum atomic E-state index is 8.34. The van der Waals surface area contributed by atoms with E-state index in [-0.39, 0.29) is 0 Å². The lowest BCUT2D eigenvalue weighted by molar-refractivity contribution is 0.158. The van der Waals surface area contributed by atoms with E-state index < -0.39 is 0 Å². The number of aromatic nitrogens is 3. The molecule has 4 heterocycles. The van der Waals surface area contributed by atoms with Gasteiger partial charge in [0.2, 0.25) is 5.95 Å². The first-order valence-corrected chi connectivity index (χ1v) is 10.5. The van der Waals surface area contributed by atoms with Gasteiger partial charge in [0.05, 0.1) is 12.3 Å². The van der Waals surface area contributed by atoms with Crippen molar-refractivity contribution in [3.63, 3.8) is 0 Å². The molecule has 2 aliphatic rings. The monoisotopic (exact) mass is 410 g/mol. The molecule has 0 unspecified atom stereocenters. The number of hydrogen-bond donors (Lipinski definition) is 4. The average Bonchev–Trinajstić information content (AvgIpc) is 3.35. The molecule has 30 heavy (non-hydrogen) atoms. The van der Waals surface area contributed by atoms with E-state index in [1.165, 1.54) is 0 Å². The number of aryl methyl sites for hydroxylation is 1. The fourth-order valence-corrected chi connectivity index (χ4v) is 4.03. The highest BCUT2D eigenvalue weighted by atomic mass is 16.5. The van der Waals surface area contributed by atoms with Crippen LogP contribution in [0.4, 0.5) is 23.3 Å². The molecule has 0 aromatic carbocycles. The van der Waals surface area contributed by atoms with E-state index in [0.717, 1.165) is 25.1 Å². The molecule has 9 nitrogen and oxygen atoms in total. The highest BCUT2D eigenvalue weighted by Crippen LogP contribution is 2.33. The maximum absolute atomic E-state index is 8.34. The van der Waals surface area contributed by atoms with Gasteiger partial charge >= 0.3 is 0 Å². The number of pyridine rings is 1. The summed E-state index contributed by atoms with van der Waals surface area (Å²) in [5.74, 6) is 2.01. The summed E-state index contributed by atoms with van der Waals surface area (Å²) in [6.07, 6.45) is 2.88. The molecule has 2 aromatic heterocycles. The molecule has 4 rings (SSSR count). The van der Waals surface area contributed by atoms with Crippen LogP contribution in [0.3, 0.4) is 0 Å². The maximum Gasteiger partial charge on any atom is 0.228 e. The first kappa shape index (κ1) is 20.5. The highest BCUT2D eigenvalue weighted by molar-refractivity contribution is 6.02. The molecule has 160 valence electrons. The van der Waals surface area contributed by atoms with Gasteiger partial charge in [0.25, 0.3) is 0 Å². The van der Waals surface area contributed by atoms with Gasteiger partial charge in [-0.1, -0.05) is 0 Å². The molecule has 0 amide bonds. The number of fused-ring (bicyclic) bond motifs is 2. The summed E-state index contributed by atoms with van der Waals surface area (Å²) in [6, 6.07) is 4.82. The summed E-state index contributed by atoms with van der Waals surface area (Å²) in [4.78, 5) is 16.3. The fourth-order valence-electron chi connectivity index (χ4n) is 4.03. The normalized spacial score (nSPS) is 19.9. The van der Waals surface area contributed by atoms with Gasteiger partial charge in [-0.15, -0.1) is 0 Å². The van der Waals surface area contributed by atoms with Gasteiger partial charge in [-0.3, -0.25) is 0 Å². The Balaban J connectivity index is 1.71. The standard InChI is InChI=1S/C21H30N8O/c1-4-30-8-7-24-19-18(14(3)22)27-21(29-12-15-10-16(29)11-25-15)28-20(19)26-17-9-13(2)5-6-23-17/h5-6,9,15-16,22,24-25H,4,7-8,10-12H2,1-3H3,(H,23,26,27,28)/t15-,16-/m0/s1. The Morgan fingerprint density at radius 3 is 2.93 bits per heavy atom. The molecular weight excluding hydrogens is 380 g/mol. The van der Waals surface area contributed by atoms with Crippen molar-refractivity contribution in [3.05, 3.63) is 29.6 Å². The zero-order valence-corrected chi connectivity index (χ0v) is 17.8. The van der Waals surface area contributed by atoms with Crippen LogP contribution >= 0.6 is 0 Å². The first-order chi connectivity index (χ1) is 14.5. The SMILES string of the molecule is CCOCCNc1c(Nc2cc(C)ccn2)nc(N2C[C@@H]3C[C@H]2CN3)nc1C(C)=N. The molecule has 9 heteroatoms. The van der Waals surface area contributed by atoms with Crippen LogP contribution in [0, 0.1) is 12.3 Å². The molecule has 4 N–H and O–H groups in total. The smallest absolute Gasteiger partial charge is 0.228 e. The van der Waals surface area contributed by atoms with Crippen LogP contribution in [0.15, 0.2) is 18.3 Å². The summed E-state index contributed by atoms with van der Waals surface area (Å²) in [5.41, 5.74) is 2.80. The zero-order valence-electron chi connectivity index (χ0n) is 17.8. The molecule has 2 fully saturated rings. The average molecular weight is 411 g/mol. The molecule has 2 aromatic rings. The first-order valence-electron chi connectivity index (χ1n) is 10.5. The Kier molecular flexibility index (Phi) is 6.10.